The standard InChI is InChI=1S/C15H14N2O2/c1-12(9-10-16)19-14-7-3-2-6-13(14)17-11-5-4-8-15(17)18/h2-8,11-12H,9H2,1H3. The highest BCUT2D eigenvalue weighted by Gasteiger charge is 2.09. The van der Waals surface area contributed by atoms with Gasteiger partial charge in [-0.1, -0.05) is 18.2 Å². The van der Waals surface area contributed by atoms with E-state index in [1.807, 2.05) is 25.1 Å². The van der Waals surface area contributed by atoms with Gasteiger partial charge in [0.05, 0.1) is 18.2 Å². The Morgan fingerprint density at radius 1 is 1.26 bits per heavy atom. The Labute approximate surface area is 111 Å². The maximum atomic E-state index is 11.8. The van der Waals surface area contributed by atoms with Gasteiger partial charge in [-0.05, 0) is 25.1 Å². The zero-order valence-electron chi connectivity index (χ0n) is 10.6. The Kier molecular flexibility index (Phi) is 3.99. The molecule has 2 rings (SSSR count). The molecule has 0 aliphatic carbocycles. The highest BCUT2D eigenvalue weighted by atomic mass is 16.5. The molecular weight excluding hydrogens is 240 g/mol. The molecule has 0 bridgehead atoms. The molecule has 2 aromatic rings. The summed E-state index contributed by atoms with van der Waals surface area (Å²) in [6, 6.07) is 14.3. The highest BCUT2D eigenvalue weighted by Crippen LogP contribution is 2.22. The lowest BCUT2D eigenvalue weighted by atomic mass is 10.2. The summed E-state index contributed by atoms with van der Waals surface area (Å²) in [5, 5.41) is 8.66. The van der Waals surface area contributed by atoms with Crippen molar-refractivity contribution in [3.05, 3.63) is 59.0 Å². The van der Waals surface area contributed by atoms with Crippen LogP contribution in [0.3, 0.4) is 0 Å². The number of para-hydroxylation sites is 2. The summed E-state index contributed by atoms with van der Waals surface area (Å²) in [6.07, 6.45) is 1.78. The van der Waals surface area contributed by atoms with E-state index in [4.69, 9.17) is 10.00 Å². The highest BCUT2D eigenvalue weighted by molar-refractivity contribution is 5.46. The lowest BCUT2D eigenvalue weighted by Gasteiger charge is -2.16. The zero-order valence-corrected chi connectivity index (χ0v) is 10.6. The summed E-state index contributed by atoms with van der Waals surface area (Å²) >= 11 is 0. The van der Waals surface area contributed by atoms with Gasteiger partial charge < -0.3 is 4.74 Å². The van der Waals surface area contributed by atoms with Crippen LogP contribution in [0.5, 0.6) is 5.75 Å². The van der Waals surface area contributed by atoms with Crippen LogP contribution in [0.2, 0.25) is 0 Å². The number of hydrogen-bond donors (Lipinski definition) is 0. The van der Waals surface area contributed by atoms with E-state index in [9.17, 15) is 4.79 Å². The van der Waals surface area contributed by atoms with Crippen molar-refractivity contribution in [2.24, 2.45) is 0 Å². The molecule has 0 fully saturated rings. The van der Waals surface area contributed by atoms with Gasteiger partial charge in [-0.25, -0.2) is 0 Å². The first-order chi connectivity index (χ1) is 9.22. The van der Waals surface area contributed by atoms with Gasteiger partial charge in [-0.15, -0.1) is 0 Å². The van der Waals surface area contributed by atoms with Gasteiger partial charge in [0, 0.05) is 12.3 Å². The molecule has 4 heteroatoms. The van der Waals surface area contributed by atoms with Gasteiger partial charge >= 0.3 is 0 Å². The molecule has 0 saturated heterocycles. The molecule has 0 N–H and O–H groups in total. The molecule has 1 heterocycles. The summed E-state index contributed by atoms with van der Waals surface area (Å²) in [5.74, 6) is 0.596. The van der Waals surface area contributed by atoms with Gasteiger partial charge in [-0.2, -0.15) is 5.26 Å². The van der Waals surface area contributed by atoms with Gasteiger partial charge in [0.1, 0.15) is 11.9 Å². The lowest BCUT2D eigenvalue weighted by molar-refractivity contribution is 0.226. The largest absolute Gasteiger partial charge is 0.487 e. The predicted molar refractivity (Wildman–Crippen MR) is 72.4 cm³/mol. The summed E-state index contributed by atoms with van der Waals surface area (Å²) in [6.45, 7) is 1.83. The average molecular weight is 254 g/mol. The van der Waals surface area contributed by atoms with Crippen molar-refractivity contribution in [3.63, 3.8) is 0 Å². The Morgan fingerprint density at radius 2 is 2.00 bits per heavy atom. The van der Waals surface area contributed by atoms with Gasteiger partial charge in [-0.3, -0.25) is 9.36 Å². The van der Waals surface area contributed by atoms with E-state index < -0.39 is 0 Å². The third-order valence-corrected chi connectivity index (χ3v) is 2.65. The van der Waals surface area contributed by atoms with Crippen LogP contribution in [-0.4, -0.2) is 10.7 Å². The number of pyridine rings is 1. The molecule has 0 radical (unpaired) electrons. The molecule has 0 saturated carbocycles. The van der Waals surface area contributed by atoms with Crippen LogP contribution in [0.15, 0.2) is 53.5 Å². The molecule has 0 aliphatic rings. The van der Waals surface area contributed by atoms with Crippen LogP contribution in [0.4, 0.5) is 0 Å². The Bertz CT molecular complexity index is 655. The van der Waals surface area contributed by atoms with Crippen molar-refractivity contribution >= 4 is 0 Å². The molecule has 1 aromatic carbocycles. The molecular formula is C15H14N2O2. The molecule has 4 nitrogen and oxygen atoms in total. The van der Waals surface area contributed by atoms with E-state index in [0.717, 1.165) is 0 Å². The first kappa shape index (κ1) is 12.9. The fraction of sp³-hybridized carbons (Fsp3) is 0.200. The third-order valence-electron chi connectivity index (χ3n) is 2.65. The molecule has 1 unspecified atom stereocenters. The summed E-state index contributed by atoms with van der Waals surface area (Å²) in [5.41, 5.74) is 0.560. The summed E-state index contributed by atoms with van der Waals surface area (Å²) in [7, 11) is 0. The third kappa shape index (κ3) is 3.02. The van der Waals surface area contributed by atoms with Crippen molar-refractivity contribution in [2.75, 3.05) is 0 Å². The summed E-state index contributed by atoms with van der Waals surface area (Å²) < 4.78 is 7.24. The van der Waals surface area contributed by atoms with Crippen LogP contribution >= 0.6 is 0 Å². The lowest BCUT2D eigenvalue weighted by Crippen LogP contribution is -2.18. The van der Waals surface area contributed by atoms with Crippen LogP contribution in [0.25, 0.3) is 5.69 Å². The maximum Gasteiger partial charge on any atom is 0.255 e. The molecule has 0 spiro atoms. The van der Waals surface area contributed by atoms with Gasteiger partial charge in [0.2, 0.25) is 0 Å². The van der Waals surface area contributed by atoms with Crippen LogP contribution in [0, 0.1) is 11.3 Å². The fourth-order valence-electron chi connectivity index (χ4n) is 1.77. The quantitative estimate of drug-likeness (QED) is 0.842. The van der Waals surface area contributed by atoms with Gasteiger partial charge in [0.15, 0.2) is 0 Å². The Hall–Kier alpha value is -2.54. The van der Waals surface area contributed by atoms with E-state index in [1.165, 1.54) is 10.6 Å². The number of ether oxygens (including phenoxy) is 1. The van der Waals surface area contributed by atoms with Crippen LogP contribution in [-0.2, 0) is 0 Å². The first-order valence-electron chi connectivity index (χ1n) is 6.03. The second kappa shape index (κ2) is 5.87. The minimum absolute atomic E-state index is 0.119. The molecule has 0 amide bonds. The van der Waals surface area contributed by atoms with Crippen molar-refractivity contribution < 1.29 is 4.74 Å². The smallest absolute Gasteiger partial charge is 0.255 e. The molecule has 1 atom stereocenters. The minimum Gasteiger partial charge on any atom is -0.487 e. The Morgan fingerprint density at radius 3 is 2.74 bits per heavy atom. The van der Waals surface area contributed by atoms with Crippen molar-refractivity contribution in [2.45, 2.75) is 19.4 Å². The number of hydrogen-bond acceptors (Lipinski definition) is 3. The normalized spacial score (nSPS) is 11.6. The Balaban J connectivity index is 2.40. The number of nitriles is 1. The van der Waals surface area contributed by atoms with Crippen molar-refractivity contribution in [1.29, 1.82) is 5.26 Å². The molecule has 0 aliphatic heterocycles. The second-order valence-corrected chi connectivity index (χ2v) is 4.17. The maximum absolute atomic E-state index is 11.8. The summed E-state index contributed by atoms with van der Waals surface area (Å²) in [4.78, 5) is 11.8. The van der Waals surface area contributed by atoms with Gasteiger partial charge in [0.25, 0.3) is 5.56 Å². The average Bonchev–Trinajstić information content (AvgIpc) is 2.40. The minimum atomic E-state index is -0.217. The van der Waals surface area contributed by atoms with E-state index in [1.54, 1.807) is 24.4 Å². The van der Waals surface area contributed by atoms with Crippen molar-refractivity contribution in [1.82, 2.24) is 4.57 Å². The number of benzene rings is 1. The SMILES string of the molecule is CC(CC#N)Oc1ccccc1-n1ccccc1=O. The van der Waals surface area contributed by atoms with Crippen LogP contribution < -0.4 is 10.3 Å². The fourth-order valence-corrected chi connectivity index (χ4v) is 1.77. The topological polar surface area (TPSA) is 55.0 Å². The van der Waals surface area contributed by atoms with Crippen molar-refractivity contribution in [3.8, 4) is 17.5 Å². The number of rotatable bonds is 4. The number of nitrogens with zero attached hydrogens (tertiary/aromatic N) is 2. The zero-order chi connectivity index (χ0) is 13.7. The van der Waals surface area contributed by atoms with E-state index >= 15 is 0 Å². The molecule has 1 aromatic heterocycles. The first-order valence-corrected chi connectivity index (χ1v) is 6.03. The number of aromatic nitrogens is 1. The van der Waals surface area contributed by atoms with E-state index in [0.29, 0.717) is 17.9 Å². The van der Waals surface area contributed by atoms with E-state index in [2.05, 4.69) is 6.07 Å². The molecule has 19 heavy (non-hydrogen) atoms. The monoisotopic (exact) mass is 254 g/mol. The predicted octanol–water partition coefficient (Wildman–Crippen LogP) is 2.52. The van der Waals surface area contributed by atoms with Crippen LogP contribution in [0.1, 0.15) is 13.3 Å². The van der Waals surface area contributed by atoms with E-state index in [-0.39, 0.29) is 11.7 Å². The second-order valence-electron chi connectivity index (χ2n) is 4.17. The molecule has 96 valence electrons.